The van der Waals surface area contributed by atoms with Crippen molar-refractivity contribution in [2.45, 2.75) is 19.4 Å². The lowest BCUT2D eigenvalue weighted by molar-refractivity contribution is -0.121. The number of likely N-dealkylation sites (tertiary alicyclic amines) is 1. The van der Waals surface area contributed by atoms with Gasteiger partial charge in [-0.15, -0.1) is 11.3 Å². The van der Waals surface area contributed by atoms with Crippen LogP contribution in [0.3, 0.4) is 0 Å². The number of aromatic hydroxyl groups is 1. The molecule has 28 heavy (non-hydrogen) atoms. The average Bonchev–Trinajstić information content (AvgIpc) is 3.23. The highest BCUT2D eigenvalue weighted by Crippen LogP contribution is 2.32. The third-order valence-corrected chi connectivity index (χ3v) is 5.92. The summed E-state index contributed by atoms with van der Waals surface area (Å²) in [6.45, 7) is 2.16. The average molecular weight is 398 g/mol. The number of anilines is 1. The summed E-state index contributed by atoms with van der Waals surface area (Å²) < 4.78 is 5.35. The first-order valence-corrected chi connectivity index (χ1v) is 10.2. The Labute approximate surface area is 167 Å². The molecule has 0 saturated carbocycles. The predicted octanol–water partition coefficient (Wildman–Crippen LogP) is 3.86. The minimum Gasteiger partial charge on any atom is -0.508 e. The number of carbonyl (C=O) groups excluding carboxylic acids is 1. The van der Waals surface area contributed by atoms with Gasteiger partial charge in [0.05, 0.1) is 13.0 Å². The van der Waals surface area contributed by atoms with E-state index < -0.39 is 0 Å². The molecule has 1 aliphatic heterocycles. The summed E-state index contributed by atoms with van der Waals surface area (Å²) >= 11 is 1.42. The van der Waals surface area contributed by atoms with Crippen LogP contribution < -0.4 is 10.1 Å². The summed E-state index contributed by atoms with van der Waals surface area (Å²) in [5.74, 6) is 0.974. The van der Waals surface area contributed by atoms with Crippen molar-refractivity contribution in [1.82, 2.24) is 9.88 Å². The van der Waals surface area contributed by atoms with Crippen molar-refractivity contribution in [2.24, 2.45) is 5.92 Å². The van der Waals surface area contributed by atoms with E-state index in [2.05, 4.69) is 15.2 Å². The van der Waals surface area contributed by atoms with Crippen molar-refractivity contribution in [3.05, 3.63) is 47.5 Å². The third kappa shape index (κ3) is 3.95. The topological polar surface area (TPSA) is 74.7 Å². The van der Waals surface area contributed by atoms with Crippen molar-refractivity contribution in [3.63, 3.8) is 0 Å². The van der Waals surface area contributed by atoms with E-state index in [-0.39, 0.29) is 17.6 Å². The summed E-state index contributed by atoms with van der Waals surface area (Å²) in [6.07, 6.45) is 3.50. The van der Waals surface area contributed by atoms with Crippen LogP contribution in [0.4, 0.5) is 5.13 Å². The highest BCUT2D eigenvalue weighted by atomic mass is 32.1. The molecule has 2 N–H and O–H groups in total. The van der Waals surface area contributed by atoms with Gasteiger partial charge in [-0.3, -0.25) is 9.69 Å². The molecule has 4 rings (SSSR count). The zero-order valence-corrected chi connectivity index (χ0v) is 16.5. The van der Waals surface area contributed by atoms with Crippen LogP contribution in [-0.4, -0.2) is 41.1 Å². The van der Waals surface area contributed by atoms with E-state index in [0.717, 1.165) is 41.5 Å². The van der Waals surface area contributed by atoms with Gasteiger partial charge in [0.25, 0.3) is 0 Å². The maximum absolute atomic E-state index is 12.6. The second-order valence-corrected chi connectivity index (χ2v) is 7.95. The van der Waals surface area contributed by atoms with Crippen LogP contribution in [0.25, 0.3) is 10.8 Å². The second kappa shape index (κ2) is 8.16. The molecule has 1 unspecified atom stereocenters. The molecule has 7 heteroatoms. The molecule has 1 atom stereocenters. The summed E-state index contributed by atoms with van der Waals surface area (Å²) in [5.41, 5.74) is 0.873. The van der Waals surface area contributed by atoms with Gasteiger partial charge in [0, 0.05) is 30.2 Å². The molecule has 1 amide bonds. The van der Waals surface area contributed by atoms with Crippen LogP contribution in [-0.2, 0) is 11.3 Å². The minimum atomic E-state index is -0.0793. The largest absolute Gasteiger partial charge is 0.508 e. The molecule has 0 radical (unpaired) electrons. The van der Waals surface area contributed by atoms with E-state index in [1.807, 2.05) is 29.6 Å². The fourth-order valence-electron chi connectivity index (χ4n) is 3.77. The number of thiazole rings is 1. The Morgan fingerprint density at radius 2 is 2.25 bits per heavy atom. The number of phenols is 1. The number of amides is 1. The standard InChI is InChI=1S/C21H23N3O3S/c1-27-16-6-4-14-5-7-19(25)18(17(14)11-16)13-24-9-2-3-15(12-24)20(26)23-21-22-8-10-28-21/h4-8,10-11,15,25H,2-3,9,12-13H2,1H3,(H,22,23,26). The smallest absolute Gasteiger partial charge is 0.230 e. The molecule has 1 aliphatic rings. The first-order valence-electron chi connectivity index (χ1n) is 9.35. The number of benzene rings is 2. The number of nitrogens with zero attached hydrogens (tertiary/aromatic N) is 2. The maximum Gasteiger partial charge on any atom is 0.230 e. The lowest BCUT2D eigenvalue weighted by atomic mass is 9.95. The summed E-state index contributed by atoms with van der Waals surface area (Å²) in [6, 6.07) is 9.52. The molecular formula is C21H23N3O3S. The van der Waals surface area contributed by atoms with Crippen LogP contribution in [0.15, 0.2) is 41.9 Å². The molecule has 0 aliphatic carbocycles. The molecule has 0 spiro atoms. The van der Waals surface area contributed by atoms with Crippen molar-refractivity contribution in [3.8, 4) is 11.5 Å². The molecule has 1 saturated heterocycles. The maximum atomic E-state index is 12.6. The molecule has 1 fully saturated rings. The Bertz CT molecular complexity index is 974. The highest BCUT2D eigenvalue weighted by molar-refractivity contribution is 7.13. The monoisotopic (exact) mass is 397 g/mol. The number of nitrogens with one attached hydrogen (secondary N) is 1. The number of fused-ring (bicyclic) bond motifs is 1. The Morgan fingerprint density at radius 3 is 3.04 bits per heavy atom. The van der Waals surface area contributed by atoms with E-state index >= 15 is 0 Å². The molecule has 6 nitrogen and oxygen atoms in total. The Kier molecular flexibility index (Phi) is 5.45. The number of ether oxygens (including phenoxy) is 1. The van der Waals surface area contributed by atoms with E-state index in [1.54, 1.807) is 19.4 Å². The van der Waals surface area contributed by atoms with Crippen LogP contribution in [0.2, 0.25) is 0 Å². The first-order chi connectivity index (χ1) is 13.6. The third-order valence-electron chi connectivity index (χ3n) is 5.24. The Balaban J connectivity index is 1.52. The normalized spacial score (nSPS) is 17.5. The number of carbonyl (C=O) groups is 1. The van der Waals surface area contributed by atoms with Gasteiger partial charge in [0.1, 0.15) is 11.5 Å². The molecular weight excluding hydrogens is 374 g/mol. The zero-order chi connectivity index (χ0) is 19.5. The lowest BCUT2D eigenvalue weighted by Gasteiger charge is -2.32. The summed E-state index contributed by atoms with van der Waals surface area (Å²) in [7, 11) is 1.64. The van der Waals surface area contributed by atoms with Gasteiger partial charge in [-0.05, 0) is 48.4 Å². The molecule has 0 bridgehead atoms. The number of methoxy groups -OCH3 is 1. The van der Waals surface area contributed by atoms with Crippen LogP contribution in [0, 0.1) is 5.92 Å². The van der Waals surface area contributed by atoms with Gasteiger partial charge in [0.15, 0.2) is 5.13 Å². The molecule has 2 aromatic carbocycles. The number of hydrogen-bond donors (Lipinski definition) is 2. The van der Waals surface area contributed by atoms with Gasteiger partial charge < -0.3 is 15.2 Å². The van der Waals surface area contributed by atoms with E-state index in [9.17, 15) is 9.90 Å². The predicted molar refractivity (Wildman–Crippen MR) is 111 cm³/mol. The fraction of sp³-hybridized carbons (Fsp3) is 0.333. The Morgan fingerprint density at radius 1 is 1.39 bits per heavy atom. The molecule has 2 heterocycles. The molecule has 3 aromatic rings. The van der Waals surface area contributed by atoms with E-state index in [1.165, 1.54) is 11.3 Å². The number of rotatable bonds is 5. The van der Waals surface area contributed by atoms with Crippen molar-refractivity contribution < 1.29 is 14.6 Å². The summed E-state index contributed by atoms with van der Waals surface area (Å²) in [4.78, 5) is 19.0. The molecule has 146 valence electrons. The summed E-state index contributed by atoms with van der Waals surface area (Å²) in [5, 5.41) is 17.9. The SMILES string of the molecule is COc1ccc2ccc(O)c(CN3CCCC(C(=O)Nc4nccs4)C3)c2c1. The van der Waals surface area contributed by atoms with Gasteiger partial charge in [-0.2, -0.15) is 0 Å². The van der Waals surface area contributed by atoms with Crippen LogP contribution in [0.1, 0.15) is 18.4 Å². The van der Waals surface area contributed by atoms with Crippen molar-refractivity contribution in [1.29, 1.82) is 0 Å². The highest BCUT2D eigenvalue weighted by Gasteiger charge is 2.27. The second-order valence-electron chi connectivity index (χ2n) is 7.05. The van der Waals surface area contributed by atoms with Crippen LogP contribution in [0.5, 0.6) is 11.5 Å². The fourth-order valence-corrected chi connectivity index (χ4v) is 4.30. The number of aromatic nitrogens is 1. The van der Waals surface area contributed by atoms with Gasteiger partial charge in [-0.25, -0.2) is 4.98 Å². The van der Waals surface area contributed by atoms with Gasteiger partial charge >= 0.3 is 0 Å². The van der Waals surface area contributed by atoms with E-state index in [0.29, 0.717) is 18.2 Å². The number of hydrogen-bond acceptors (Lipinski definition) is 6. The van der Waals surface area contributed by atoms with Gasteiger partial charge in [0.2, 0.25) is 5.91 Å². The van der Waals surface area contributed by atoms with Gasteiger partial charge in [-0.1, -0.05) is 12.1 Å². The van der Waals surface area contributed by atoms with Crippen molar-refractivity contribution in [2.75, 3.05) is 25.5 Å². The van der Waals surface area contributed by atoms with Crippen molar-refractivity contribution >= 4 is 33.1 Å². The number of phenolic OH excluding ortho intramolecular Hbond substituents is 1. The Hall–Kier alpha value is -2.64. The minimum absolute atomic E-state index is 0.0171. The van der Waals surface area contributed by atoms with E-state index in [4.69, 9.17) is 4.74 Å². The lowest BCUT2D eigenvalue weighted by Crippen LogP contribution is -2.40. The quantitative estimate of drug-likeness (QED) is 0.684. The van der Waals surface area contributed by atoms with Crippen LogP contribution >= 0.6 is 11.3 Å². The zero-order valence-electron chi connectivity index (χ0n) is 15.7. The first kappa shape index (κ1) is 18.7. The molecule has 1 aromatic heterocycles. The number of piperidine rings is 1.